The highest BCUT2D eigenvalue weighted by atomic mass is 31.2. The van der Waals surface area contributed by atoms with E-state index in [1.54, 1.807) is 0 Å². The van der Waals surface area contributed by atoms with Gasteiger partial charge in [0.2, 0.25) is 0 Å². The molecule has 17 nitrogen and oxygen atoms in total. The molecule has 19 heteroatoms. The zero-order valence-corrected chi connectivity index (χ0v) is 65.2. The fourth-order valence-electron chi connectivity index (χ4n) is 12.0. The number of hydrogen-bond donors (Lipinski definition) is 3. The zero-order chi connectivity index (χ0) is 71.4. The Hall–Kier alpha value is -1.94. The monoisotopic (exact) mass is 1420 g/mol. The summed E-state index contributed by atoms with van der Waals surface area (Å²) in [6, 6.07) is 0. The van der Waals surface area contributed by atoms with Crippen LogP contribution in [0.25, 0.3) is 0 Å². The van der Waals surface area contributed by atoms with E-state index in [1.165, 1.54) is 225 Å². The van der Waals surface area contributed by atoms with Gasteiger partial charge in [0, 0.05) is 25.7 Å². The fourth-order valence-corrected chi connectivity index (χ4v) is 13.6. The highest BCUT2D eigenvalue weighted by Crippen LogP contribution is 2.45. The van der Waals surface area contributed by atoms with Crippen molar-refractivity contribution >= 4 is 39.5 Å². The quantitative estimate of drug-likeness (QED) is 0.0222. The maximum absolute atomic E-state index is 13.1. The van der Waals surface area contributed by atoms with Crippen LogP contribution < -0.4 is 0 Å². The van der Waals surface area contributed by atoms with Gasteiger partial charge < -0.3 is 33.8 Å². The molecule has 0 spiro atoms. The Bertz CT molecular complexity index is 1870. The van der Waals surface area contributed by atoms with Crippen LogP contribution in [-0.2, 0) is 65.4 Å². The lowest BCUT2D eigenvalue weighted by atomic mass is 10.0. The smallest absolute Gasteiger partial charge is 0.462 e. The number of unbranched alkanes of at least 4 members (excludes halogenated alkanes) is 47. The lowest BCUT2D eigenvalue weighted by molar-refractivity contribution is -0.161. The van der Waals surface area contributed by atoms with Gasteiger partial charge in [0.05, 0.1) is 26.4 Å². The summed E-state index contributed by atoms with van der Waals surface area (Å²) >= 11 is 0. The minimum Gasteiger partial charge on any atom is -0.462 e. The molecule has 0 amide bonds. The molecule has 0 saturated carbocycles. The largest absolute Gasteiger partial charge is 0.472 e. The van der Waals surface area contributed by atoms with Crippen molar-refractivity contribution in [3.63, 3.8) is 0 Å². The first-order valence-electron chi connectivity index (χ1n) is 40.5. The molecule has 576 valence electrons. The van der Waals surface area contributed by atoms with Crippen molar-refractivity contribution in [3.05, 3.63) is 0 Å². The number of ether oxygens (including phenoxy) is 4. The van der Waals surface area contributed by atoms with Crippen molar-refractivity contribution in [2.45, 2.75) is 426 Å². The van der Waals surface area contributed by atoms with Crippen molar-refractivity contribution in [1.82, 2.24) is 0 Å². The molecular formula is C78H152O17P2. The number of carbonyl (C=O) groups is 4. The standard InChI is InChI=1S/C78H152O17P2/c1-7-9-11-13-15-17-19-21-23-24-25-27-29-31-36-44-50-56-62-77(82)94-73(66-88-75(80)60-54-48-42-35-30-28-26-22-20-18-16-14-12-10-8-2)68-92-96(84,85)90-64-72(79)65-91-97(86,87)93-69-74(67-89-76(81)61-55-49-43-39-38-41-47-53-59-71(5)6)95-78(83)63-57-51-45-37-33-32-34-40-46-52-58-70(3)4/h70-74,79H,7-69H2,1-6H3,(H,84,85)(H,86,87)/t72-,73-,74-/m1/s1. The molecule has 0 aromatic carbocycles. The van der Waals surface area contributed by atoms with E-state index < -0.39 is 97.5 Å². The Balaban J connectivity index is 5.25. The Morgan fingerprint density at radius 3 is 0.701 bits per heavy atom. The average Bonchev–Trinajstić information content (AvgIpc) is 1.37. The third-order valence-corrected chi connectivity index (χ3v) is 20.1. The highest BCUT2D eigenvalue weighted by Gasteiger charge is 2.30. The van der Waals surface area contributed by atoms with Gasteiger partial charge in [-0.2, -0.15) is 0 Å². The van der Waals surface area contributed by atoms with Crippen LogP contribution in [0.5, 0.6) is 0 Å². The minimum absolute atomic E-state index is 0.106. The van der Waals surface area contributed by atoms with Crippen LogP contribution in [0.1, 0.15) is 408 Å². The second kappa shape index (κ2) is 69.8. The van der Waals surface area contributed by atoms with E-state index in [-0.39, 0.29) is 25.7 Å². The topological polar surface area (TPSA) is 237 Å². The van der Waals surface area contributed by atoms with Gasteiger partial charge in [0.15, 0.2) is 12.2 Å². The predicted molar refractivity (Wildman–Crippen MR) is 395 cm³/mol. The van der Waals surface area contributed by atoms with Gasteiger partial charge in [-0.15, -0.1) is 0 Å². The van der Waals surface area contributed by atoms with Crippen molar-refractivity contribution in [3.8, 4) is 0 Å². The molecular weight excluding hydrogens is 1270 g/mol. The maximum Gasteiger partial charge on any atom is 0.472 e. The molecule has 0 heterocycles. The summed E-state index contributed by atoms with van der Waals surface area (Å²) in [4.78, 5) is 72.9. The van der Waals surface area contributed by atoms with E-state index in [1.807, 2.05) is 0 Å². The molecule has 0 rings (SSSR count). The Labute approximate surface area is 594 Å². The van der Waals surface area contributed by atoms with Gasteiger partial charge in [0.1, 0.15) is 19.3 Å². The third kappa shape index (κ3) is 72.2. The molecule has 0 aromatic heterocycles. The van der Waals surface area contributed by atoms with Crippen molar-refractivity contribution < 1.29 is 80.2 Å². The number of aliphatic hydroxyl groups is 1. The number of phosphoric acid groups is 2. The van der Waals surface area contributed by atoms with E-state index in [4.69, 9.17) is 37.0 Å². The Kier molecular flexibility index (Phi) is 68.4. The molecule has 0 radical (unpaired) electrons. The first-order valence-corrected chi connectivity index (χ1v) is 43.5. The summed E-state index contributed by atoms with van der Waals surface area (Å²) in [5.41, 5.74) is 0. The molecule has 97 heavy (non-hydrogen) atoms. The molecule has 5 atom stereocenters. The summed E-state index contributed by atoms with van der Waals surface area (Å²) in [7, 11) is -9.92. The molecule has 0 bridgehead atoms. The third-order valence-electron chi connectivity index (χ3n) is 18.2. The zero-order valence-electron chi connectivity index (χ0n) is 63.4. The first kappa shape index (κ1) is 95.1. The van der Waals surface area contributed by atoms with Crippen LogP contribution in [0, 0.1) is 11.8 Å². The van der Waals surface area contributed by atoms with Crippen LogP contribution in [-0.4, -0.2) is 96.7 Å². The van der Waals surface area contributed by atoms with Crippen LogP contribution >= 0.6 is 15.6 Å². The molecule has 2 unspecified atom stereocenters. The number of aliphatic hydroxyl groups excluding tert-OH is 1. The Morgan fingerprint density at radius 2 is 0.474 bits per heavy atom. The van der Waals surface area contributed by atoms with Crippen LogP contribution in [0.2, 0.25) is 0 Å². The van der Waals surface area contributed by atoms with Crippen molar-refractivity contribution in [2.24, 2.45) is 11.8 Å². The van der Waals surface area contributed by atoms with E-state index in [2.05, 4.69) is 41.5 Å². The average molecular weight is 1420 g/mol. The number of carbonyl (C=O) groups excluding carboxylic acids is 4. The lowest BCUT2D eigenvalue weighted by Crippen LogP contribution is -2.30. The molecule has 0 aliphatic rings. The number of hydrogen-bond acceptors (Lipinski definition) is 15. The van der Waals surface area contributed by atoms with Gasteiger partial charge >= 0.3 is 39.5 Å². The van der Waals surface area contributed by atoms with Crippen molar-refractivity contribution in [1.29, 1.82) is 0 Å². The van der Waals surface area contributed by atoms with Gasteiger partial charge in [-0.1, -0.05) is 356 Å². The summed E-state index contributed by atoms with van der Waals surface area (Å²) in [5.74, 6) is -0.634. The summed E-state index contributed by atoms with van der Waals surface area (Å²) in [6.45, 7) is 9.57. The molecule has 3 N–H and O–H groups in total. The van der Waals surface area contributed by atoms with E-state index in [0.717, 1.165) is 102 Å². The molecule has 0 aliphatic carbocycles. The Morgan fingerprint density at radius 1 is 0.278 bits per heavy atom. The summed E-state index contributed by atoms with van der Waals surface area (Å²) < 4.78 is 68.6. The maximum atomic E-state index is 13.1. The summed E-state index contributed by atoms with van der Waals surface area (Å²) in [5, 5.41) is 10.6. The molecule has 0 aliphatic heterocycles. The molecule has 0 saturated heterocycles. The number of phosphoric ester groups is 2. The van der Waals surface area contributed by atoms with Gasteiger partial charge in [0.25, 0.3) is 0 Å². The number of rotatable bonds is 77. The fraction of sp³-hybridized carbons (Fsp3) is 0.949. The number of esters is 4. The normalized spacial score (nSPS) is 14.0. The lowest BCUT2D eigenvalue weighted by Gasteiger charge is -2.21. The first-order chi connectivity index (χ1) is 46.9. The van der Waals surface area contributed by atoms with E-state index >= 15 is 0 Å². The molecule has 0 fully saturated rings. The van der Waals surface area contributed by atoms with Gasteiger partial charge in [-0.25, -0.2) is 9.13 Å². The van der Waals surface area contributed by atoms with E-state index in [0.29, 0.717) is 25.7 Å². The van der Waals surface area contributed by atoms with Crippen LogP contribution in [0.15, 0.2) is 0 Å². The highest BCUT2D eigenvalue weighted by molar-refractivity contribution is 7.47. The predicted octanol–water partition coefficient (Wildman–Crippen LogP) is 23.1. The molecule has 0 aromatic rings. The second-order valence-electron chi connectivity index (χ2n) is 29.1. The van der Waals surface area contributed by atoms with Crippen molar-refractivity contribution in [2.75, 3.05) is 39.6 Å². The van der Waals surface area contributed by atoms with Gasteiger partial charge in [-0.3, -0.25) is 37.3 Å². The second-order valence-corrected chi connectivity index (χ2v) is 32.0. The SMILES string of the molecule is CCCCCCCCCCCCCCCCCCCCC(=O)O[C@H](COC(=O)CCCCCCCCCCCCCCCCC)COP(=O)(O)OC[C@@H](O)COP(=O)(O)OC[C@@H](COC(=O)CCCCCCCCCCC(C)C)OC(=O)CCCCCCCCCCCCC(C)C. The van der Waals surface area contributed by atoms with Crippen LogP contribution in [0.3, 0.4) is 0 Å². The van der Waals surface area contributed by atoms with Crippen LogP contribution in [0.4, 0.5) is 0 Å². The summed E-state index contributed by atoms with van der Waals surface area (Å²) in [6.07, 6.45) is 58.3. The minimum atomic E-state index is -4.96. The van der Waals surface area contributed by atoms with E-state index in [9.17, 15) is 43.2 Å². The van der Waals surface area contributed by atoms with Gasteiger partial charge in [-0.05, 0) is 37.5 Å².